The largest absolute Gasteiger partial charge is 0.309 e. The number of hydrogen-bond acceptors (Lipinski definition) is 1. The fourth-order valence-electron chi connectivity index (χ4n) is 12.2. The minimum absolute atomic E-state index is 0.640. The molecule has 1 aliphatic rings. The molecular weight excluding hydrogens is 857 g/mol. The van der Waals surface area contributed by atoms with Crippen LogP contribution >= 0.6 is 0 Å². The zero-order valence-electron chi connectivity index (χ0n) is 39.0. The molecule has 2 heteroatoms. The minimum atomic E-state index is -0.640. The molecule has 0 amide bonds. The lowest BCUT2D eigenvalue weighted by molar-refractivity contribution is 0.768. The molecule has 0 aliphatic heterocycles. The van der Waals surface area contributed by atoms with Crippen LogP contribution in [0.25, 0.3) is 82.4 Å². The van der Waals surface area contributed by atoms with Gasteiger partial charge < -0.3 is 9.47 Å². The summed E-state index contributed by atoms with van der Waals surface area (Å²) in [5, 5.41) is 7.35. The predicted molar refractivity (Wildman–Crippen MR) is 299 cm³/mol. The van der Waals surface area contributed by atoms with Crippen LogP contribution in [0.15, 0.2) is 279 Å². The Kier molecular flexibility index (Phi) is 9.47. The number of fused-ring (bicyclic) bond motifs is 9. The summed E-state index contributed by atoms with van der Waals surface area (Å²) < 4.78 is 2.45. The SMILES string of the molecule is c1ccc(-c2cccc3cccc(-c4ccc(N(c5ccccc5C5(c6ccccc6)c6ccccc6-c6ccccc65)c5cccc6c5c5c7ccccc7ccc5n6-c5ccccc5)cc4)c23)cc1. The molecule has 0 saturated heterocycles. The van der Waals surface area contributed by atoms with Crippen LogP contribution in [0.2, 0.25) is 0 Å². The van der Waals surface area contributed by atoms with Crippen molar-refractivity contribution in [1.29, 1.82) is 0 Å². The Labute approximate surface area is 413 Å². The molecule has 14 rings (SSSR count). The van der Waals surface area contributed by atoms with Gasteiger partial charge in [-0.1, -0.05) is 231 Å². The lowest BCUT2D eigenvalue weighted by Crippen LogP contribution is -2.30. The number of nitrogens with zero attached hydrogens (tertiary/aromatic N) is 2. The highest BCUT2D eigenvalue weighted by Crippen LogP contribution is 2.59. The average Bonchev–Trinajstić information content (AvgIpc) is 3.96. The monoisotopic (exact) mass is 902 g/mol. The molecule has 0 fully saturated rings. The van der Waals surface area contributed by atoms with Gasteiger partial charge in [0.15, 0.2) is 0 Å². The lowest BCUT2D eigenvalue weighted by atomic mass is 9.67. The van der Waals surface area contributed by atoms with Crippen LogP contribution in [0, 0.1) is 0 Å². The van der Waals surface area contributed by atoms with Gasteiger partial charge in [-0.2, -0.15) is 0 Å². The highest BCUT2D eigenvalue weighted by Gasteiger charge is 2.47. The van der Waals surface area contributed by atoms with Gasteiger partial charge in [0.05, 0.1) is 27.8 Å². The summed E-state index contributed by atoms with van der Waals surface area (Å²) in [6, 6.07) is 103. The molecular formula is C69H46N2. The van der Waals surface area contributed by atoms with Crippen molar-refractivity contribution in [3.05, 3.63) is 301 Å². The normalized spacial score (nSPS) is 12.6. The van der Waals surface area contributed by atoms with E-state index in [1.54, 1.807) is 0 Å². The zero-order chi connectivity index (χ0) is 46.9. The van der Waals surface area contributed by atoms with Gasteiger partial charge >= 0.3 is 0 Å². The van der Waals surface area contributed by atoms with Crippen molar-refractivity contribution in [2.24, 2.45) is 0 Å². The number of benzene rings is 12. The van der Waals surface area contributed by atoms with E-state index in [4.69, 9.17) is 0 Å². The maximum Gasteiger partial charge on any atom is 0.0733 e. The molecule has 71 heavy (non-hydrogen) atoms. The molecule has 13 aromatic rings. The Morgan fingerprint density at radius 1 is 0.296 bits per heavy atom. The Morgan fingerprint density at radius 3 is 1.51 bits per heavy atom. The molecule has 1 aromatic heterocycles. The first-order chi connectivity index (χ1) is 35.3. The van der Waals surface area contributed by atoms with Crippen molar-refractivity contribution >= 4 is 60.4 Å². The van der Waals surface area contributed by atoms with Crippen molar-refractivity contribution in [2.45, 2.75) is 5.41 Å². The molecule has 0 N–H and O–H groups in total. The smallest absolute Gasteiger partial charge is 0.0733 e. The zero-order valence-corrected chi connectivity index (χ0v) is 39.0. The third-order valence-corrected chi connectivity index (χ3v) is 15.0. The second-order valence-corrected chi connectivity index (χ2v) is 18.7. The molecule has 1 heterocycles. The molecule has 12 aromatic carbocycles. The standard InChI is InChI=1S/C69H46N2/c1-4-21-47(22-5-1)54-33-18-24-50-25-19-34-55(66(50)54)49-41-44-53(45-42-49)70(63-39-20-40-64-68(63)67-56-30-11-10-23-48(56)43-46-65(67)71(64)52-28-8-3-9-29-52)62-38-17-16-37-61(62)69(51-26-6-2-7-27-51)59-35-14-12-31-57(59)58-32-13-15-36-60(58)69/h1-46H. The van der Waals surface area contributed by atoms with Crippen molar-refractivity contribution in [3.8, 4) is 39.1 Å². The van der Waals surface area contributed by atoms with Crippen LogP contribution in [0.1, 0.15) is 22.3 Å². The summed E-state index contributed by atoms with van der Waals surface area (Å²) in [4.78, 5) is 2.56. The first kappa shape index (κ1) is 40.8. The van der Waals surface area contributed by atoms with E-state index in [1.165, 1.54) is 93.5 Å². The second-order valence-electron chi connectivity index (χ2n) is 18.7. The Hall–Kier alpha value is -9.24. The van der Waals surface area contributed by atoms with Gasteiger partial charge in [0, 0.05) is 22.1 Å². The molecule has 1 aliphatic carbocycles. The highest BCUT2D eigenvalue weighted by atomic mass is 15.2. The van der Waals surface area contributed by atoms with Crippen molar-refractivity contribution < 1.29 is 0 Å². The number of para-hydroxylation sites is 2. The molecule has 332 valence electrons. The maximum atomic E-state index is 2.56. The van der Waals surface area contributed by atoms with E-state index in [9.17, 15) is 0 Å². The van der Waals surface area contributed by atoms with Gasteiger partial charge in [-0.15, -0.1) is 0 Å². The molecule has 0 radical (unpaired) electrons. The summed E-state index contributed by atoms with van der Waals surface area (Å²) >= 11 is 0. The van der Waals surface area contributed by atoms with E-state index < -0.39 is 5.41 Å². The minimum Gasteiger partial charge on any atom is -0.309 e. The summed E-state index contributed by atoms with van der Waals surface area (Å²) in [5.74, 6) is 0. The van der Waals surface area contributed by atoms with Gasteiger partial charge in [0.25, 0.3) is 0 Å². The predicted octanol–water partition coefficient (Wildman–Crippen LogP) is 18.3. The fourth-order valence-corrected chi connectivity index (χ4v) is 12.2. The lowest BCUT2D eigenvalue weighted by Gasteiger charge is -2.38. The fraction of sp³-hybridized carbons (Fsp3) is 0.0145. The van der Waals surface area contributed by atoms with E-state index in [2.05, 4.69) is 289 Å². The molecule has 0 unspecified atom stereocenters. The van der Waals surface area contributed by atoms with Crippen LogP contribution in [-0.2, 0) is 5.41 Å². The first-order valence-electron chi connectivity index (χ1n) is 24.6. The van der Waals surface area contributed by atoms with Crippen molar-refractivity contribution in [2.75, 3.05) is 4.90 Å². The highest BCUT2D eigenvalue weighted by molar-refractivity contribution is 6.25. The molecule has 0 spiro atoms. The van der Waals surface area contributed by atoms with Crippen LogP contribution in [0.3, 0.4) is 0 Å². The third kappa shape index (κ3) is 6.21. The van der Waals surface area contributed by atoms with Gasteiger partial charge in [0.2, 0.25) is 0 Å². The summed E-state index contributed by atoms with van der Waals surface area (Å²) in [6.45, 7) is 0. The second kappa shape index (κ2) is 16.5. The van der Waals surface area contributed by atoms with E-state index in [0.717, 1.165) is 28.3 Å². The van der Waals surface area contributed by atoms with Crippen LogP contribution in [-0.4, -0.2) is 4.57 Å². The maximum absolute atomic E-state index is 2.56. The summed E-state index contributed by atoms with van der Waals surface area (Å²) in [5.41, 5.74) is 18.5. The number of hydrogen-bond donors (Lipinski definition) is 0. The van der Waals surface area contributed by atoms with E-state index >= 15 is 0 Å². The Morgan fingerprint density at radius 2 is 0.803 bits per heavy atom. The van der Waals surface area contributed by atoms with E-state index in [1.807, 2.05) is 0 Å². The topological polar surface area (TPSA) is 8.17 Å². The number of rotatable bonds is 8. The van der Waals surface area contributed by atoms with E-state index in [-0.39, 0.29) is 0 Å². The third-order valence-electron chi connectivity index (χ3n) is 15.0. The van der Waals surface area contributed by atoms with Crippen LogP contribution < -0.4 is 4.90 Å². The molecule has 0 saturated carbocycles. The van der Waals surface area contributed by atoms with Gasteiger partial charge in [-0.25, -0.2) is 0 Å². The van der Waals surface area contributed by atoms with Gasteiger partial charge in [0.1, 0.15) is 0 Å². The van der Waals surface area contributed by atoms with Crippen LogP contribution in [0.4, 0.5) is 17.1 Å². The van der Waals surface area contributed by atoms with Crippen molar-refractivity contribution in [3.63, 3.8) is 0 Å². The number of aromatic nitrogens is 1. The first-order valence-corrected chi connectivity index (χ1v) is 24.6. The number of anilines is 3. The quantitative estimate of drug-likeness (QED) is 0.147. The Balaban J connectivity index is 1.09. The molecule has 0 bridgehead atoms. The van der Waals surface area contributed by atoms with Crippen molar-refractivity contribution in [1.82, 2.24) is 4.57 Å². The van der Waals surface area contributed by atoms with Gasteiger partial charge in [-0.05, 0) is 126 Å². The summed E-state index contributed by atoms with van der Waals surface area (Å²) in [6.07, 6.45) is 0. The summed E-state index contributed by atoms with van der Waals surface area (Å²) in [7, 11) is 0. The van der Waals surface area contributed by atoms with Gasteiger partial charge in [-0.3, -0.25) is 0 Å². The van der Waals surface area contributed by atoms with E-state index in [0.29, 0.717) is 0 Å². The average molecular weight is 903 g/mol. The van der Waals surface area contributed by atoms with Crippen LogP contribution in [0.5, 0.6) is 0 Å². The molecule has 2 nitrogen and oxygen atoms in total. The molecule has 0 atom stereocenters. The Bertz CT molecular complexity index is 4100.